The minimum Gasteiger partial charge on any atom is -0.480 e. The highest BCUT2D eigenvalue weighted by atomic mass is 32.2. The first-order valence-electron chi connectivity index (χ1n) is 4.34. The Morgan fingerprint density at radius 2 is 2.40 bits per heavy atom. The van der Waals surface area contributed by atoms with E-state index in [1.165, 1.54) is 35.3 Å². The van der Waals surface area contributed by atoms with Crippen LogP contribution in [0.4, 0.5) is 0 Å². The largest absolute Gasteiger partial charge is 0.480 e. The van der Waals surface area contributed by atoms with Gasteiger partial charge in [-0.3, -0.25) is 4.79 Å². The third-order valence-corrected chi connectivity index (χ3v) is 3.21. The van der Waals surface area contributed by atoms with Crippen molar-refractivity contribution in [2.45, 2.75) is 6.04 Å². The van der Waals surface area contributed by atoms with Crippen LogP contribution in [0.3, 0.4) is 0 Å². The first-order chi connectivity index (χ1) is 7.20. The molecule has 6 heteroatoms. The van der Waals surface area contributed by atoms with Crippen molar-refractivity contribution in [1.29, 1.82) is 0 Å². The van der Waals surface area contributed by atoms with Crippen LogP contribution < -0.4 is 0 Å². The predicted octanol–water partition coefficient (Wildman–Crippen LogP) is 0.879. The molecule has 2 rings (SSSR count). The van der Waals surface area contributed by atoms with E-state index in [9.17, 15) is 9.59 Å². The normalized spacial score (nSPS) is 20.5. The molecule has 1 aliphatic rings. The molecule has 0 aliphatic carbocycles. The maximum Gasteiger partial charge on any atom is 0.327 e. The van der Waals surface area contributed by atoms with Crippen LogP contribution in [0, 0.1) is 0 Å². The summed E-state index contributed by atoms with van der Waals surface area (Å²) in [5.41, 5.74) is 0.392. The van der Waals surface area contributed by atoms with Gasteiger partial charge < -0.3 is 14.4 Å². The highest BCUT2D eigenvalue weighted by molar-refractivity contribution is 7.99. The van der Waals surface area contributed by atoms with Gasteiger partial charge >= 0.3 is 5.97 Å². The second-order valence-corrected chi connectivity index (χ2v) is 4.14. The van der Waals surface area contributed by atoms with E-state index in [1.807, 2.05) is 0 Å². The lowest BCUT2D eigenvalue weighted by Gasteiger charge is -2.19. The highest BCUT2D eigenvalue weighted by Crippen LogP contribution is 2.23. The molecule has 1 amide bonds. The summed E-state index contributed by atoms with van der Waals surface area (Å²) in [7, 11) is 0. The summed E-state index contributed by atoms with van der Waals surface area (Å²) < 4.78 is 4.79. The number of amides is 1. The number of aliphatic carboxylic acids is 1. The highest BCUT2D eigenvalue weighted by Gasteiger charge is 2.35. The molecule has 2 heterocycles. The summed E-state index contributed by atoms with van der Waals surface area (Å²) in [4.78, 5) is 24.0. The molecule has 5 nitrogen and oxygen atoms in total. The number of carboxylic acid groups (broad SMARTS) is 1. The van der Waals surface area contributed by atoms with Gasteiger partial charge in [0.15, 0.2) is 0 Å². The van der Waals surface area contributed by atoms with Crippen LogP contribution in [0.1, 0.15) is 10.4 Å². The van der Waals surface area contributed by atoms with Gasteiger partial charge in [-0.25, -0.2) is 4.79 Å². The van der Waals surface area contributed by atoms with Crippen LogP contribution in [0.25, 0.3) is 0 Å². The zero-order valence-corrected chi connectivity index (χ0v) is 8.57. The van der Waals surface area contributed by atoms with Gasteiger partial charge in [0.1, 0.15) is 12.3 Å². The first-order valence-corrected chi connectivity index (χ1v) is 5.49. The van der Waals surface area contributed by atoms with E-state index in [1.54, 1.807) is 0 Å². The molecule has 0 spiro atoms. The molecule has 1 aromatic heterocycles. The van der Waals surface area contributed by atoms with Crippen molar-refractivity contribution in [2.75, 3.05) is 11.6 Å². The van der Waals surface area contributed by atoms with E-state index < -0.39 is 12.0 Å². The number of hydrogen-bond acceptors (Lipinski definition) is 4. The SMILES string of the molecule is O=C(O)[C@@H]1CSCN1C(=O)c1ccoc1. The number of carbonyl (C=O) groups excluding carboxylic acids is 1. The van der Waals surface area contributed by atoms with Gasteiger partial charge in [-0.1, -0.05) is 0 Å². The Kier molecular flexibility index (Phi) is 2.68. The number of carboxylic acids is 1. The summed E-state index contributed by atoms with van der Waals surface area (Å²) in [6, 6.07) is 0.807. The molecule has 1 saturated heterocycles. The van der Waals surface area contributed by atoms with Crippen LogP contribution in [-0.2, 0) is 4.79 Å². The zero-order chi connectivity index (χ0) is 10.8. The molecule has 1 aromatic rings. The molecule has 1 atom stereocenters. The molecule has 0 bridgehead atoms. The summed E-state index contributed by atoms with van der Waals surface area (Å²) in [6.07, 6.45) is 2.72. The fraction of sp³-hybridized carbons (Fsp3) is 0.333. The Morgan fingerprint density at radius 1 is 1.60 bits per heavy atom. The average molecular weight is 227 g/mol. The zero-order valence-electron chi connectivity index (χ0n) is 7.75. The Labute approximate surface area is 90.0 Å². The van der Waals surface area contributed by atoms with Crippen molar-refractivity contribution in [1.82, 2.24) is 4.90 Å². The third kappa shape index (κ3) is 1.85. The van der Waals surface area contributed by atoms with E-state index in [0.717, 1.165) is 0 Å². The van der Waals surface area contributed by atoms with Crippen molar-refractivity contribution in [2.24, 2.45) is 0 Å². The number of thioether (sulfide) groups is 1. The van der Waals surface area contributed by atoms with Crippen molar-refractivity contribution in [3.63, 3.8) is 0 Å². The molecule has 0 aromatic carbocycles. The van der Waals surface area contributed by atoms with Gasteiger partial charge in [-0.15, -0.1) is 11.8 Å². The fourth-order valence-corrected chi connectivity index (χ4v) is 2.54. The Morgan fingerprint density at radius 3 is 3.00 bits per heavy atom. The quantitative estimate of drug-likeness (QED) is 0.812. The van der Waals surface area contributed by atoms with Crippen LogP contribution in [-0.4, -0.2) is 39.6 Å². The number of carbonyl (C=O) groups is 2. The van der Waals surface area contributed by atoms with Crippen molar-refractivity contribution in [3.8, 4) is 0 Å². The molecular weight excluding hydrogens is 218 g/mol. The maximum absolute atomic E-state index is 11.8. The monoisotopic (exact) mass is 227 g/mol. The van der Waals surface area contributed by atoms with Gasteiger partial charge in [0.25, 0.3) is 5.91 Å². The third-order valence-electron chi connectivity index (χ3n) is 2.20. The van der Waals surface area contributed by atoms with Gasteiger partial charge in [0.2, 0.25) is 0 Å². The molecule has 80 valence electrons. The topological polar surface area (TPSA) is 70.8 Å². The minimum absolute atomic E-state index is 0.291. The summed E-state index contributed by atoms with van der Waals surface area (Å²) in [5, 5.41) is 8.90. The standard InChI is InChI=1S/C9H9NO4S/c11-8(6-1-2-14-3-6)10-5-15-4-7(10)9(12)13/h1-3,7H,4-5H2,(H,12,13)/t7-/m0/s1. The van der Waals surface area contributed by atoms with E-state index in [0.29, 0.717) is 17.2 Å². The summed E-state index contributed by atoms with van der Waals surface area (Å²) >= 11 is 1.44. The van der Waals surface area contributed by atoms with Gasteiger partial charge in [0, 0.05) is 5.75 Å². The van der Waals surface area contributed by atoms with Crippen molar-refractivity contribution >= 4 is 23.6 Å². The Balaban J connectivity index is 2.17. The number of furan rings is 1. The lowest BCUT2D eigenvalue weighted by molar-refractivity contribution is -0.140. The second-order valence-electron chi connectivity index (χ2n) is 3.14. The smallest absolute Gasteiger partial charge is 0.327 e. The lowest BCUT2D eigenvalue weighted by Crippen LogP contribution is -2.41. The van der Waals surface area contributed by atoms with Crippen LogP contribution in [0.5, 0.6) is 0 Å². The molecule has 1 fully saturated rings. The van der Waals surface area contributed by atoms with Crippen LogP contribution in [0.2, 0.25) is 0 Å². The van der Waals surface area contributed by atoms with Gasteiger partial charge in [-0.05, 0) is 6.07 Å². The van der Waals surface area contributed by atoms with Crippen LogP contribution in [0.15, 0.2) is 23.0 Å². The molecule has 0 radical (unpaired) electrons. The van der Waals surface area contributed by atoms with Crippen LogP contribution >= 0.6 is 11.8 Å². The second kappa shape index (κ2) is 3.98. The number of hydrogen-bond donors (Lipinski definition) is 1. The number of nitrogens with zero attached hydrogens (tertiary/aromatic N) is 1. The summed E-state index contributed by atoms with van der Waals surface area (Å²) in [5.74, 6) is -0.391. The average Bonchev–Trinajstić information content (AvgIpc) is 2.88. The molecule has 15 heavy (non-hydrogen) atoms. The summed E-state index contributed by atoms with van der Waals surface area (Å²) in [6.45, 7) is 0. The van der Waals surface area contributed by atoms with Gasteiger partial charge in [0.05, 0.1) is 17.7 Å². The molecule has 1 N–H and O–H groups in total. The van der Waals surface area contributed by atoms with E-state index in [2.05, 4.69) is 0 Å². The molecule has 0 unspecified atom stereocenters. The van der Waals surface area contributed by atoms with Crippen molar-refractivity contribution in [3.05, 3.63) is 24.2 Å². The minimum atomic E-state index is -0.961. The van der Waals surface area contributed by atoms with E-state index >= 15 is 0 Å². The Hall–Kier alpha value is -1.43. The van der Waals surface area contributed by atoms with Gasteiger partial charge in [-0.2, -0.15) is 0 Å². The number of rotatable bonds is 2. The fourth-order valence-electron chi connectivity index (χ4n) is 1.40. The van der Waals surface area contributed by atoms with E-state index in [-0.39, 0.29) is 5.91 Å². The van der Waals surface area contributed by atoms with Crippen molar-refractivity contribution < 1.29 is 19.1 Å². The Bertz CT molecular complexity index is 375. The maximum atomic E-state index is 11.8. The molecule has 1 aliphatic heterocycles. The molecular formula is C9H9NO4S. The molecule has 0 saturated carbocycles. The lowest BCUT2D eigenvalue weighted by atomic mass is 10.2. The van der Waals surface area contributed by atoms with E-state index in [4.69, 9.17) is 9.52 Å². The predicted molar refractivity (Wildman–Crippen MR) is 53.6 cm³/mol. The first kappa shape index (κ1) is 10.1.